The molecular formula is C9H14N+. The van der Waals surface area contributed by atoms with Gasteiger partial charge >= 0.3 is 0 Å². The van der Waals surface area contributed by atoms with E-state index in [1.54, 1.807) is 36.8 Å². The monoisotopic (exact) mass is 136 g/mol. The van der Waals surface area contributed by atoms with Crippen molar-refractivity contribution < 1.29 is 4.48 Å². The third kappa shape index (κ3) is 0.241. The van der Waals surface area contributed by atoms with E-state index in [1.807, 2.05) is 0 Å². The molecule has 0 aromatic heterocycles. The van der Waals surface area contributed by atoms with Gasteiger partial charge in [0.05, 0.1) is 31.0 Å². The second-order valence-corrected chi connectivity index (χ2v) is 4.87. The highest BCUT2D eigenvalue weighted by molar-refractivity contribution is 5.11. The van der Waals surface area contributed by atoms with Crippen LogP contribution in [0.1, 0.15) is 19.3 Å². The first kappa shape index (κ1) is 4.76. The van der Waals surface area contributed by atoms with Gasteiger partial charge in [0.15, 0.2) is 0 Å². The van der Waals surface area contributed by atoms with Gasteiger partial charge in [0.2, 0.25) is 0 Å². The third-order valence-corrected chi connectivity index (χ3v) is 4.89. The first-order valence-corrected chi connectivity index (χ1v) is 4.78. The third-order valence-electron chi connectivity index (χ3n) is 4.89. The van der Waals surface area contributed by atoms with Crippen molar-refractivity contribution in [1.82, 2.24) is 0 Å². The molecule has 4 rings (SSSR count). The molecule has 3 heterocycles. The highest BCUT2D eigenvalue weighted by atomic mass is 15.5. The van der Waals surface area contributed by atoms with Gasteiger partial charge in [0, 0.05) is 12.8 Å². The fraction of sp³-hybridized carbons (Fsp3) is 1.00. The SMILES string of the molecule is C1CC2C3CC4C[N+]2(C1)C43. The fourth-order valence-corrected chi connectivity index (χ4v) is 4.68. The van der Waals surface area contributed by atoms with Crippen molar-refractivity contribution in [2.24, 2.45) is 11.8 Å². The standard InChI is InChI=1S/C9H14N/c1-2-8-7-4-6-5-10(8,3-1)9(6)7/h6-9H,1-5H2/q+1. The average molecular weight is 136 g/mol. The van der Waals surface area contributed by atoms with Crippen molar-refractivity contribution in [2.75, 3.05) is 13.1 Å². The van der Waals surface area contributed by atoms with Crippen LogP contribution in [0.25, 0.3) is 0 Å². The van der Waals surface area contributed by atoms with Gasteiger partial charge in [0.25, 0.3) is 0 Å². The minimum Gasteiger partial charge on any atom is -0.317 e. The van der Waals surface area contributed by atoms with E-state index in [4.69, 9.17) is 0 Å². The highest BCUT2D eigenvalue weighted by Crippen LogP contribution is 2.67. The van der Waals surface area contributed by atoms with Crippen LogP contribution in [0.3, 0.4) is 0 Å². The minimum atomic E-state index is 1.18. The normalized spacial score (nSPS) is 74.4. The average Bonchev–Trinajstić information content (AvgIpc) is 2.28. The van der Waals surface area contributed by atoms with Crippen LogP contribution in [0.4, 0.5) is 0 Å². The number of quaternary nitrogens is 1. The predicted octanol–water partition coefficient (Wildman–Crippen LogP) is 0.998. The number of fused-ring (bicyclic) bond motifs is 1. The Balaban J connectivity index is 1.84. The molecule has 1 nitrogen and oxygen atoms in total. The van der Waals surface area contributed by atoms with E-state index in [-0.39, 0.29) is 0 Å². The molecule has 5 unspecified atom stereocenters. The topological polar surface area (TPSA) is 0 Å². The lowest BCUT2D eigenvalue weighted by Gasteiger charge is -2.77. The quantitative estimate of drug-likeness (QED) is 0.436. The molecule has 4 fully saturated rings. The zero-order valence-corrected chi connectivity index (χ0v) is 6.29. The maximum absolute atomic E-state index is 1.62. The molecular weight excluding hydrogens is 122 g/mol. The van der Waals surface area contributed by atoms with Crippen molar-refractivity contribution >= 4 is 0 Å². The maximum atomic E-state index is 1.62. The summed E-state index contributed by atoms with van der Waals surface area (Å²) in [5.74, 6) is 2.43. The molecule has 0 N–H and O–H groups in total. The molecule has 1 spiro atoms. The van der Waals surface area contributed by atoms with Crippen LogP contribution < -0.4 is 0 Å². The molecule has 3 saturated heterocycles. The van der Waals surface area contributed by atoms with E-state index >= 15 is 0 Å². The number of piperidine rings is 4. The van der Waals surface area contributed by atoms with Gasteiger partial charge in [0.1, 0.15) is 6.04 Å². The van der Waals surface area contributed by atoms with Gasteiger partial charge < -0.3 is 4.48 Å². The minimum absolute atomic E-state index is 1.18. The molecule has 0 aromatic rings. The van der Waals surface area contributed by atoms with E-state index in [2.05, 4.69) is 0 Å². The molecule has 3 aliphatic heterocycles. The maximum Gasteiger partial charge on any atom is 0.106 e. The lowest BCUT2D eigenvalue weighted by atomic mass is 9.50. The summed E-state index contributed by atoms with van der Waals surface area (Å²) >= 11 is 0. The van der Waals surface area contributed by atoms with E-state index in [0.717, 1.165) is 0 Å². The Labute approximate surface area is 61.6 Å². The summed E-state index contributed by atoms with van der Waals surface area (Å²) in [6.07, 6.45) is 4.74. The molecule has 1 heteroatoms. The predicted molar refractivity (Wildman–Crippen MR) is 38.4 cm³/mol. The van der Waals surface area contributed by atoms with E-state index in [0.29, 0.717) is 0 Å². The van der Waals surface area contributed by atoms with Crippen molar-refractivity contribution in [3.8, 4) is 0 Å². The zero-order chi connectivity index (χ0) is 6.34. The van der Waals surface area contributed by atoms with Gasteiger partial charge in [-0.25, -0.2) is 0 Å². The summed E-state index contributed by atoms with van der Waals surface area (Å²) < 4.78 is 1.62. The second-order valence-electron chi connectivity index (χ2n) is 4.87. The Kier molecular flexibility index (Phi) is 0.513. The summed E-state index contributed by atoms with van der Waals surface area (Å²) in [5.41, 5.74) is 0. The molecule has 4 aliphatic rings. The van der Waals surface area contributed by atoms with Crippen molar-refractivity contribution in [1.29, 1.82) is 0 Å². The molecule has 0 aromatic carbocycles. The van der Waals surface area contributed by atoms with Crippen LogP contribution in [0.15, 0.2) is 0 Å². The number of rotatable bonds is 0. The molecule has 10 heavy (non-hydrogen) atoms. The first-order valence-electron chi connectivity index (χ1n) is 4.78. The number of hydrogen-bond donors (Lipinski definition) is 0. The van der Waals surface area contributed by atoms with Gasteiger partial charge in [-0.3, -0.25) is 0 Å². The van der Waals surface area contributed by atoms with Gasteiger partial charge in [-0.05, 0) is 6.42 Å². The van der Waals surface area contributed by atoms with Gasteiger partial charge in [-0.15, -0.1) is 0 Å². The van der Waals surface area contributed by atoms with Crippen LogP contribution in [0.2, 0.25) is 0 Å². The lowest BCUT2D eigenvalue weighted by molar-refractivity contribution is -1.08. The fourth-order valence-electron chi connectivity index (χ4n) is 4.68. The summed E-state index contributed by atoms with van der Waals surface area (Å²) in [6.45, 7) is 3.15. The smallest absolute Gasteiger partial charge is 0.106 e. The Morgan fingerprint density at radius 2 is 2.30 bits per heavy atom. The largest absolute Gasteiger partial charge is 0.317 e. The molecule has 0 radical (unpaired) electrons. The molecule has 0 amide bonds. The van der Waals surface area contributed by atoms with Crippen molar-refractivity contribution in [3.05, 3.63) is 0 Å². The summed E-state index contributed by atoms with van der Waals surface area (Å²) in [6, 6.07) is 2.39. The van der Waals surface area contributed by atoms with Gasteiger partial charge in [-0.1, -0.05) is 0 Å². The van der Waals surface area contributed by atoms with E-state index in [1.165, 1.54) is 23.9 Å². The Morgan fingerprint density at radius 1 is 1.30 bits per heavy atom. The molecule has 1 aliphatic carbocycles. The van der Waals surface area contributed by atoms with Crippen LogP contribution in [0.5, 0.6) is 0 Å². The lowest BCUT2D eigenvalue weighted by Crippen LogP contribution is -2.91. The number of nitrogens with zero attached hydrogens (tertiary/aromatic N) is 1. The van der Waals surface area contributed by atoms with Crippen molar-refractivity contribution in [2.45, 2.75) is 31.3 Å². The van der Waals surface area contributed by atoms with Crippen LogP contribution in [0, 0.1) is 11.8 Å². The molecule has 54 valence electrons. The Hall–Kier alpha value is -0.0400. The summed E-state index contributed by atoms with van der Waals surface area (Å²) in [4.78, 5) is 0. The summed E-state index contributed by atoms with van der Waals surface area (Å²) in [7, 11) is 0. The Bertz CT molecular complexity index is 213. The number of hydrogen-bond acceptors (Lipinski definition) is 0. The van der Waals surface area contributed by atoms with Crippen LogP contribution in [-0.4, -0.2) is 29.7 Å². The van der Waals surface area contributed by atoms with Gasteiger partial charge in [-0.2, -0.15) is 0 Å². The van der Waals surface area contributed by atoms with E-state index in [9.17, 15) is 0 Å². The van der Waals surface area contributed by atoms with Crippen molar-refractivity contribution in [3.63, 3.8) is 0 Å². The highest BCUT2D eigenvalue weighted by Gasteiger charge is 2.80. The first-order chi connectivity index (χ1) is 4.92. The zero-order valence-electron chi connectivity index (χ0n) is 6.29. The molecule has 0 bridgehead atoms. The van der Waals surface area contributed by atoms with E-state index < -0.39 is 0 Å². The van der Waals surface area contributed by atoms with Crippen LogP contribution >= 0.6 is 0 Å². The summed E-state index contributed by atoms with van der Waals surface area (Å²) in [5, 5.41) is 0. The second kappa shape index (κ2) is 1.08. The molecule has 5 atom stereocenters. The van der Waals surface area contributed by atoms with Crippen LogP contribution in [-0.2, 0) is 0 Å². The molecule has 1 saturated carbocycles. The Morgan fingerprint density at radius 3 is 3.00 bits per heavy atom.